The summed E-state index contributed by atoms with van der Waals surface area (Å²) in [5.74, 6) is -0.647. The van der Waals surface area contributed by atoms with Crippen molar-refractivity contribution in [1.82, 2.24) is 9.62 Å². The summed E-state index contributed by atoms with van der Waals surface area (Å²) in [5, 5.41) is 14.0. The molecule has 1 N–H and O–H groups in total. The Morgan fingerprint density at radius 1 is 1.17 bits per heavy atom. The molecule has 2 rings (SSSR count). The van der Waals surface area contributed by atoms with E-state index in [4.69, 9.17) is 11.6 Å². The maximum Gasteiger partial charge on any atom is 0.282 e. The predicted molar refractivity (Wildman–Crippen MR) is 111 cm³/mol. The van der Waals surface area contributed by atoms with Crippen LogP contribution in [0.2, 0.25) is 5.02 Å². The number of nitrogens with zero attached hydrogens (tertiary/aromatic N) is 2. The molecule has 0 spiro atoms. The Balaban J connectivity index is 2.22. The fourth-order valence-corrected chi connectivity index (χ4v) is 4.48. The Morgan fingerprint density at radius 3 is 2.28 bits per heavy atom. The lowest BCUT2D eigenvalue weighted by molar-refractivity contribution is -0.385. The first-order chi connectivity index (χ1) is 13.6. The van der Waals surface area contributed by atoms with Gasteiger partial charge in [-0.05, 0) is 36.8 Å². The van der Waals surface area contributed by atoms with E-state index in [0.29, 0.717) is 18.7 Å². The Labute approximate surface area is 174 Å². The zero-order valence-electron chi connectivity index (χ0n) is 16.3. The van der Waals surface area contributed by atoms with E-state index in [1.165, 1.54) is 34.6 Å². The molecule has 1 atom stereocenters. The minimum absolute atomic E-state index is 0.143. The van der Waals surface area contributed by atoms with Crippen molar-refractivity contribution in [1.29, 1.82) is 0 Å². The van der Waals surface area contributed by atoms with Crippen LogP contribution in [0.25, 0.3) is 0 Å². The number of hydrogen-bond acceptors (Lipinski definition) is 5. The first-order valence-corrected chi connectivity index (χ1v) is 10.8. The SMILES string of the molecule is CCN(CC)S(=O)(=O)c1ccc(C(C)NC(=O)c2cc(Cl)ccc2[N+](=O)[O-])cc1. The third-order valence-electron chi connectivity index (χ3n) is 4.47. The molecule has 0 aliphatic carbocycles. The monoisotopic (exact) mass is 439 g/mol. The number of nitro benzene ring substituents is 1. The average Bonchev–Trinajstić information content (AvgIpc) is 2.68. The molecule has 2 aromatic carbocycles. The van der Waals surface area contributed by atoms with Crippen LogP contribution in [0.1, 0.15) is 42.7 Å². The fraction of sp³-hybridized carbons (Fsp3) is 0.316. The molecule has 0 aliphatic rings. The van der Waals surface area contributed by atoms with Crippen LogP contribution in [0.4, 0.5) is 5.69 Å². The van der Waals surface area contributed by atoms with Crippen molar-refractivity contribution < 1.29 is 18.1 Å². The molecule has 0 saturated carbocycles. The van der Waals surface area contributed by atoms with Gasteiger partial charge in [0.15, 0.2) is 0 Å². The molecule has 0 fully saturated rings. The van der Waals surface area contributed by atoms with Crippen LogP contribution in [-0.2, 0) is 10.0 Å². The maximum atomic E-state index is 12.6. The summed E-state index contributed by atoms with van der Waals surface area (Å²) in [6.45, 7) is 5.96. The average molecular weight is 440 g/mol. The van der Waals surface area contributed by atoms with E-state index in [-0.39, 0.29) is 21.2 Å². The van der Waals surface area contributed by atoms with E-state index >= 15 is 0 Å². The summed E-state index contributed by atoms with van der Waals surface area (Å²) in [5.41, 5.74) is 0.163. The molecule has 1 unspecified atom stereocenters. The van der Waals surface area contributed by atoms with Gasteiger partial charge in [-0.15, -0.1) is 0 Å². The number of rotatable bonds is 8. The van der Waals surface area contributed by atoms with Crippen LogP contribution >= 0.6 is 11.6 Å². The van der Waals surface area contributed by atoms with E-state index in [1.807, 2.05) is 0 Å². The van der Waals surface area contributed by atoms with E-state index in [2.05, 4.69) is 5.32 Å². The zero-order chi connectivity index (χ0) is 21.8. The molecule has 8 nitrogen and oxygen atoms in total. The molecule has 0 heterocycles. The molecular formula is C19H22ClN3O5S. The second kappa shape index (κ2) is 9.34. The number of nitro groups is 1. The summed E-state index contributed by atoms with van der Waals surface area (Å²) >= 11 is 5.87. The standard InChI is InChI=1S/C19H22ClN3O5S/c1-4-22(5-2)29(27,28)16-9-6-14(7-10-16)13(3)21-19(24)17-12-15(20)8-11-18(17)23(25)26/h6-13H,4-5H2,1-3H3,(H,21,24). The van der Waals surface area contributed by atoms with Crippen molar-refractivity contribution in [2.24, 2.45) is 0 Å². The van der Waals surface area contributed by atoms with Gasteiger partial charge in [-0.25, -0.2) is 8.42 Å². The number of benzene rings is 2. The molecular weight excluding hydrogens is 418 g/mol. The molecule has 29 heavy (non-hydrogen) atoms. The lowest BCUT2D eigenvalue weighted by Gasteiger charge is -2.19. The lowest BCUT2D eigenvalue weighted by Crippen LogP contribution is -2.30. The number of sulfonamides is 1. The molecule has 0 radical (unpaired) electrons. The van der Waals surface area contributed by atoms with E-state index in [9.17, 15) is 23.3 Å². The van der Waals surface area contributed by atoms with Gasteiger partial charge in [0.2, 0.25) is 10.0 Å². The number of halogens is 1. The molecule has 0 aromatic heterocycles. The van der Waals surface area contributed by atoms with Crippen LogP contribution < -0.4 is 5.32 Å². The van der Waals surface area contributed by atoms with Crippen LogP contribution in [0.3, 0.4) is 0 Å². The van der Waals surface area contributed by atoms with Gasteiger partial charge < -0.3 is 5.32 Å². The van der Waals surface area contributed by atoms with Crippen LogP contribution in [0.15, 0.2) is 47.4 Å². The summed E-state index contributed by atoms with van der Waals surface area (Å²) in [6, 6.07) is 9.42. The summed E-state index contributed by atoms with van der Waals surface area (Å²) in [7, 11) is -3.57. The highest BCUT2D eigenvalue weighted by atomic mass is 35.5. The van der Waals surface area contributed by atoms with E-state index in [1.54, 1.807) is 32.9 Å². The maximum absolute atomic E-state index is 12.6. The van der Waals surface area contributed by atoms with Crippen molar-refractivity contribution in [2.75, 3.05) is 13.1 Å². The quantitative estimate of drug-likeness (QED) is 0.497. The highest BCUT2D eigenvalue weighted by Gasteiger charge is 2.24. The second-order valence-electron chi connectivity index (χ2n) is 6.27. The molecule has 2 aromatic rings. The number of amides is 1. The summed E-state index contributed by atoms with van der Waals surface area (Å²) in [6.07, 6.45) is 0. The summed E-state index contributed by atoms with van der Waals surface area (Å²) < 4.78 is 26.5. The number of nitrogens with one attached hydrogen (secondary N) is 1. The third-order valence-corrected chi connectivity index (χ3v) is 6.77. The topological polar surface area (TPSA) is 110 Å². The normalized spacial score (nSPS) is 12.6. The molecule has 156 valence electrons. The van der Waals surface area contributed by atoms with Crippen LogP contribution in [0, 0.1) is 10.1 Å². The predicted octanol–water partition coefficient (Wildman–Crippen LogP) is 3.77. The molecule has 0 aliphatic heterocycles. The number of carbonyl (C=O) groups excluding carboxylic acids is 1. The Morgan fingerprint density at radius 2 is 1.76 bits per heavy atom. The molecule has 1 amide bonds. The Kier molecular flexibility index (Phi) is 7.34. The van der Waals surface area contributed by atoms with Gasteiger partial charge in [-0.3, -0.25) is 14.9 Å². The highest BCUT2D eigenvalue weighted by molar-refractivity contribution is 7.89. The largest absolute Gasteiger partial charge is 0.345 e. The first-order valence-electron chi connectivity index (χ1n) is 8.96. The number of hydrogen-bond donors (Lipinski definition) is 1. The minimum atomic E-state index is -3.57. The van der Waals surface area contributed by atoms with Crippen molar-refractivity contribution >= 4 is 33.2 Å². The Bertz CT molecular complexity index is 1010. The Hall–Kier alpha value is -2.49. The minimum Gasteiger partial charge on any atom is -0.345 e. The van der Waals surface area contributed by atoms with Crippen molar-refractivity contribution in [3.05, 3.63) is 68.7 Å². The molecule has 10 heteroatoms. The smallest absolute Gasteiger partial charge is 0.282 e. The lowest BCUT2D eigenvalue weighted by atomic mass is 10.1. The van der Waals surface area contributed by atoms with E-state index in [0.717, 1.165) is 0 Å². The van der Waals surface area contributed by atoms with Gasteiger partial charge in [0.25, 0.3) is 11.6 Å². The van der Waals surface area contributed by atoms with Gasteiger partial charge in [-0.2, -0.15) is 4.31 Å². The fourth-order valence-electron chi connectivity index (χ4n) is 2.85. The zero-order valence-corrected chi connectivity index (χ0v) is 17.8. The van der Waals surface area contributed by atoms with Crippen LogP contribution in [0.5, 0.6) is 0 Å². The molecule has 0 bridgehead atoms. The molecule has 0 saturated heterocycles. The van der Waals surface area contributed by atoms with Gasteiger partial charge >= 0.3 is 0 Å². The van der Waals surface area contributed by atoms with Gasteiger partial charge in [0.05, 0.1) is 15.9 Å². The summed E-state index contributed by atoms with van der Waals surface area (Å²) in [4.78, 5) is 23.2. The second-order valence-corrected chi connectivity index (χ2v) is 8.65. The van der Waals surface area contributed by atoms with Gasteiger partial charge in [0.1, 0.15) is 5.56 Å². The van der Waals surface area contributed by atoms with Crippen molar-refractivity contribution in [3.63, 3.8) is 0 Å². The van der Waals surface area contributed by atoms with Crippen molar-refractivity contribution in [3.8, 4) is 0 Å². The van der Waals surface area contributed by atoms with Crippen LogP contribution in [-0.4, -0.2) is 36.6 Å². The number of carbonyl (C=O) groups is 1. The third kappa shape index (κ3) is 5.11. The van der Waals surface area contributed by atoms with Gasteiger partial charge in [-0.1, -0.05) is 37.6 Å². The van der Waals surface area contributed by atoms with Crippen molar-refractivity contribution in [2.45, 2.75) is 31.7 Å². The van der Waals surface area contributed by atoms with E-state index < -0.39 is 26.9 Å². The first kappa shape index (κ1) is 22.8. The highest BCUT2D eigenvalue weighted by Crippen LogP contribution is 2.24. The van der Waals surface area contributed by atoms with Gasteiger partial charge in [0, 0.05) is 24.2 Å².